The summed E-state index contributed by atoms with van der Waals surface area (Å²) < 4.78 is 1.85. The van der Waals surface area contributed by atoms with Crippen molar-refractivity contribution < 1.29 is 4.79 Å². The highest BCUT2D eigenvalue weighted by Crippen LogP contribution is 2.35. The normalized spacial score (nSPS) is 27.7. The lowest BCUT2D eigenvalue weighted by atomic mass is 9.78. The molecule has 2 unspecified atom stereocenters. The van der Waals surface area contributed by atoms with Gasteiger partial charge in [0.15, 0.2) is 0 Å². The molecule has 0 radical (unpaired) electrons. The van der Waals surface area contributed by atoms with Crippen LogP contribution in [0, 0.1) is 0 Å². The SMILES string of the molecule is CC(C)NC1(C(N)=O)CCCC(n2cc(Cl)cn2)C1. The molecule has 5 nitrogen and oxygen atoms in total. The molecule has 6 heteroatoms. The molecule has 1 aromatic rings. The topological polar surface area (TPSA) is 72.9 Å². The van der Waals surface area contributed by atoms with Crippen molar-refractivity contribution in [3.05, 3.63) is 17.4 Å². The summed E-state index contributed by atoms with van der Waals surface area (Å²) in [4.78, 5) is 11.9. The van der Waals surface area contributed by atoms with Crippen LogP contribution in [0.15, 0.2) is 12.4 Å². The van der Waals surface area contributed by atoms with Gasteiger partial charge in [-0.2, -0.15) is 5.10 Å². The quantitative estimate of drug-likeness (QED) is 0.886. The van der Waals surface area contributed by atoms with Crippen molar-refractivity contribution in [2.75, 3.05) is 0 Å². The lowest BCUT2D eigenvalue weighted by molar-refractivity contribution is -0.126. The van der Waals surface area contributed by atoms with E-state index in [0.29, 0.717) is 11.4 Å². The number of nitrogens with zero attached hydrogens (tertiary/aromatic N) is 2. The zero-order valence-electron chi connectivity index (χ0n) is 11.4. The van der Waals surface area contributed by atoms with E-state index in [-0.39, 0.29) is 18.0 Å². The predicted molar refractivity (Wildman–Crippen MR) is 74.9 cm³/mol. The summed E-state index contributed by atoms with van der Waals surface area (Å²) >= 11 is 5.91. The van der Waals surface area contributed by atoms with Gasteiger partial charge in [-0.05, 0) is 39.5 Å². The van der Waals surface area contributed by atoms with Gasteiger partial charge in [-0.15, -0.1) is 0 Å². The smallest absolute Gasteiger partial charge is 0.237 e. The number of hydrogen-bond donors (Lipinski definition) is 2. The maximum Gasteiger partial charge on any atom is 0.237 e. The Balaban J connectivity index is 2.20. The average Bonchev–Trinajstić information content (AvgIpc) is 2.75. The van der Waals surface area contributed by atoms with Crippen LogP contribution >= 0.6 is 11.6 Å². The van der Waals surface area contributed by atoms with Gasteiger partial charge in [-0.25, -0.2) is 0 Å². The molecule has 106 valence electrons. The number of nitrogens with one attached hydrogen (secondary N) is 1. The fourth-order valence-electron chi connectivity index (χ4n) is 2.96. The summed E-state index contributed by atoms with van der Waals surface area (Å²) in [5.74, 6) is -0.274. The van der Waals surface area contributed by atoms with Crippen LogP contribution in [0.1, 0.15) is 45.6 Å². The molecule has 2 rings (SSSR count). The van der Waals surface area contributed by atoms with Crippen LogP contribution in [0.5, 0.6) is 0 Å². The minimum atomic E-state index is -0.629. The Labute approximate surface area is 118 Å². The van der Waals surface area contributed by atoms with Crippen molar-refractivity contribution in [1.29, 1.82) is 0 Å². The van der Waals surface area contributed by atoms with Crippen LogP contribution in [0.3, 0.4) is 0 Å². The lowest BCUT2D eigenvalue weighted by Gasteiger charge is -2.40. The molecule has 1 aromatic heterocycles. The molecule has 0 saturated heterocycles. The van der Waals surface area contributed by atoms with Gasteiger partial charge >= 0.3 is 0 Å². The summed E-state index contributed by atoms with van der Waals surface area (Å²) in [6, 6.07) is 0.382. The Morgan fingerprint density at radius 3 is 2.95 bits per heavy atom. The molecule has 1 aliphatic rings. The van der Waals surface area contributed by atoms with Crippen LogP contribution in [-0.4, -0.2) is 27.3 Å². The lowest BCUT2D eigenvalue weighted by Crippen LogP contribution is -2.59. The van der Waals surface area contributed by atoms with E-state index in [4.69, 9.17) is 17.3 Å². The number of carbonyl (C=O) groups excluding carboxylic acids is 1. The molecule has 19 heavy (non-hydrogen) atoms. The van der Waals surface area contributed by atoms with Gasteiger partial charge in [0.05, 0.1) is 22.8 Å². The zero-order valence-corrected chi connectivity index (χ0v) is 12.2. The van der Waals surface area contributed by atoms with Gasteiger partial charge in [-0.3, -0.25) is 9.48 Å². The third-order valence-corrected chi connectivity index (χ3v) is 3.90. The van der Waals surface area contributed by atoms with E-state index < -0.39 is 5.54 Å². The van der Waals surface area contributed by atoms with Crippen LogP contribution in [0.25, 0.3) is 0 Å². The van der Waals surface area contributed by atoms with Gasteiger partial charge < -0.3 is 11.1 Å². The molecule has 1 aliphatic carbocycles. The molecule has 1 fully saturated rings. The Hall–Kier alpha value is -1.07. The molecular weight excluding hydrogens is 264 g/mol. The first-order chi connectivity index (χ1) is 8.93. The number of carbonyl (C=O) groups is 1. The number of primary amides is 1. The number of hydrogen-bond acceptors (Lipinski definition) is 3. The van der Waals surface area contributed by atoms with Gasteiger partial charge in [0.1, 0.15) is 0 Å². The summed E-state index contributed by atoms with van der Waals surface area (Å²) in [5, 5.41) is 8.22. The van der Waals surface area contributed by atoms with Gasteiger partial charge in [-0.1, -0.05) is 11.6 Å². The number of halogens is 1. The third kappa shape index (κ3) is 3.09. The van der Waals surface area contributed by atoms with Crippen molar-refractivity contribution in [2.24, 2.45) is 5.73 Å². The van der Waals surface area contributed by atoms with Crippen LogP contribution < -0.4 is 11.1 Å². The first kappa shape index (κ1) is 14.3. The molecule has 0 spiro atoms. The number of aromatic nitrogens is 2. The fourth-order valence-corrected chi connectivity index (χ4v) is 3.11. The second-order valence-corrected chi connectivity index (χ2v) is 6.07. The van der Waals surface area contributed by atoms with E-state index in [1.54, 1.807) is 12.4 Å². The third-order valence-electron chi connectivity index (χ3n) is 3.71. The molecule has 1 heterocycles. The molecule has 1 saturated carbocycles. The average molecular weight is 285 g/mol. The first-order valence-corrected chi connectivity index (χ1v) is 7.08. The molecule has 1 amide bonds. The Morgan fingerprint density at radius 1 is 1.68 bits per heavy atom. The Kier molecular flexibility index (Phi) is 4.16. The molecule has 0 bridgehead atoms. The fraction of sp³-hybridized carbons (Fsp3) is 0.692. The summed E-state index contributed by atoms with van der Waals surface area (Å²) in [6.07, 6.45) is 6.82. The predicted octanol–water partition coefficient (Wildman–Crippen LogP) is 1.87. The molecule has 0 aromatic carbocycles. The van der Waals surface area contributed by atoms with Crippen LogP contribution in [-0.2, 0) is 4.79 Å². The molecular formula is C13H21ClN4O. The van der Waals surface area contributed by atoms with Crippen molar-refractivity contribution in [2.45, 2.75) is 57.2 Å². The van der Waals surface area contributed by atoms with Crippen molar-refractivity contribution in [3.63, 3.8) is 0 Å². The number of nitrogens with two attached hydrogens (primary N) is 1. The standard InChI is InChI=1S/C13H21ClN4O/c1-9(2)17-13(12(15)19)5-3-4-11(6-13)18-8-10(14)7-16-18/h7-9,11,17H,3-6H2,1-2H3,(H2,15,19). The second-order valence-electron chi connectivity index (χ2n) is 5.63. The van der Waals surface area contributed by atoms with Crippen molar-refractivity contribution >= 4 is 17.5 Å². The van der Waals surface area contributed by atoms with Gasteiger partial charge in [0.2, 0.25) is 5.91 Å². The van der Waals surface area contributed by atoms with E-state index in [1.807, 2.05) is 18.5 Å². The van der Waals surface area contributed by atoms with Crippen molar-refractivity contribution in [3.8, 4) is 0 Å². The Morgan fingerprint density at radius 2 is 2.42 bits per heavy atom. The van der Waals surface area contributed by atoms with Crippen molar-refractivity contribution in [1.82, 2.24) is 15.1 Å². The Bertz CT molecular complexity index is 459. The maximum atomic E-state index is 11.9. The first-order valence-electron chi connectivity index (χ1n) is 6.70. The van der Waals surface area contributed by atoms with Crippen LogP contribution in [0.2, 0.25) is 5.02 Å². The number of amides is 1. The van der Waals surface area contributed by atoms with Gasteiger partial charge in [0, 0.05) is 12.2 Å². The van der Waals surface area contributed by atoms with E-state index in [2.05, 4.69) is 10.4 Å². The second kappa shape index (κ2) is 5.51. The summed E-state index contributed by atoms with van der Waals surface area (Å²) in [6.45, 7) is 4.05. The highest BCUT2D eigenvalue weighted by Gasteiger charge is 2.42. The van der Waals surface area contributed by atoms with Crippen LogP contribution in [0.4, 0.5) is 0 Å². The van der Waals surface area contributed by atoms with E-state index >= 15 is 0 Å². The molecule has 2 atom stereocenters. The minimum absolute atomic E-state index is 0.167. The monoisotopic (exact) mass is 284 g/mol. The largest absolute Gasteiger partial charge is 0.368 e. The highest BCUT2D eigenvalue weighted by atomic mass is 35.5. The van der Waals surface area contributed by atoms with E-state index in [1.165, 1.54) is 0 Å². The van der Waals surface area contributed by atoms with Gasteiger partial charge in [0.25, 0.3) is 0 Å². The minimum Gasteiger partial charge on any atom is -0.368 e. The highest BCUT2D eigenvalue weighted by molar-refractivity contribution is 6.30. The molecule has 0 aliphatic heterocycles. The summed E-state index contributed by atoms with van der Waals surface area (Å²) in [5.41, 5.74) is 5.01. The maximum absolute atomic E-state index is 11.9. The molecule has 3 N–H and O–H groups in total. The zero-order chi connectivity index (χ0) is 14.0. The summed E-state index contributed by atoms with van der Waals surface area (Å²) in [7, 11) is 0. The number of rotatable bonds is 4. The van der Waals surface area contributed by atoms with E-state index in [0.717, 1.165) is 19.3 Å². The van der Waals surface area contributed by atoms with E-state index in [9.17, 15) is 4.79 Å².